The molecule has 1 fully saturated rings. The molecule has 0 saturated heterocycles. The number of carbonyl (C=O) groups is 2. The maximum absolute atomic E-state index is 13.9. The van der Waals surface area contributed by atoms with Gasteiger partial charge in [-0.25, -0.2) is 9.18 Å². The number of nitrogens with zero attached hydrogens (tertiary/aromatic N) is 1. The van der Waals surface area contributed by atoms with Crippen LogP contribution in [0.25, 0.3) is 0 Å². The van der Waals surface area contributed by atoms with E-state index in [1.165, 1.54) is 12.1 Å². The summed E-state index contributed by atoms with van der Waals surface area (Å²) in [6.45, 7) is 2.32. The molecule has 0 aromatic heterocycles. The minimum absolute atomic E-state index is 0.126. The smallest absolute Gasteiger partial charge is 0.407 e. The zero-order valence-electron chi connectivity index (χ0n) is 13.0. The largest absolute Gasteiger partial charge is 0.450 e. The number of rotatable bonds is 7. The van der Waals surface area contributed by atoms with Gasteiger partial charge in [-0.05, 0) is 31.9 Å². The van der Waals surface area contributed by atoms with Crippen molar-refractivity contribution in [2.75, 3.05) is 13.2 Å². The first-order valence-electron chi connectivity index (χ1n) is 7.66. The molecule has 1 saturated carbocycles. The van der Waals surface area contributed by atoms with E-state index in [0.717, 1.165) is 12.8 Å². The predicted molar refractivity (Wildman–Crippen MR) is 84.6 cm³/mol. The molecule has 1 aliphatic carbocycles. The molecule has 0 aliphatic heterocycles. The molecular weight excluding hydrogens is 323 g/mol. The molecule has 0 radical (unpaired) electrons. The van der Waals surface area contributed by atoms with Crippen molar-refractivity contribution in [1.29, 1.82) is 0 Å². The first-order valence-corrected chi connectivity index (χ1v) is 8.03. The van der Waals surface area contributed by atoms with E-state index in [9.17, 15) is 14.0 Å². The Bertz CT molecular complexity index is 558. The molecular formula is C16H20ClFN2O3. The number of hydrogen-bond acceptors (Lipinski definition) is 3. The maximum Gasteiger partial charge on any atom is 0.407 e. The molecule has 1 N–H and O–H groups in total. The second-order valence-corrected chi connectivity index (χ2v) is 5.76. The topological polar surface area (TPSA) is 58.6 Å². The summed E-state index contributed by atoms with van der Waals surface area (Å²) in [6.07, 6.45) is 1.41. The van der Waals surface area contributed by atoms with E-state index < -0.39 is 11.9 Å². The highest BCUT2D eigenvalue weighted by Gasteiger charge is 2.33. The molecule has 0 heterocycles. The van der Waals surface area contributed by atoms with Gasteiger partial charge in [0.2, 0.25) is 5.91 Å². The van der Waals surface area contributed by atoms with Crippen LogP contribution in [0, 0.1) is 5.82 Å². The molecule has 23 heavy (non-hydrogen) atoms. The van der Waals surface area contributed by atoms with Gasteiger partial charge in [0.05, 0.1) is 13.2 Å². The van der Waals surface area contributed by atoms with Gasteiger partial charge >= 0.3 is 6.09 Å². The summed E-state index contributed by atoms with van der Waals surface area (Å²) < 4.78 is 18.6. The summed E-state index contributed by atoms with van der Waals surface area (Å²) in [6, 6.07) is 4.60. The SMILES string of the molecule is CCOC(=O)NCCC(=O)N(Cc1c(F)cccc1Cl)C1CC1. The average Bonchev–Trinajstić information content (AvgIpc) is 3.31. The van der Waals surface area contributed by atoms with E-state index in [-0.39, 0.29) is 38.1 Å². The lowest BCUT2D eigenvalue weighted by Crippen LogP contribution is -2.36. The van der Waals surface area contributed by atoms with Crippen LogP contribution in [0.3, 0.4) is 0 Å². The van der Waals surface area contributed by atoms with Crippen molar-refractivity contribution in [1.82, 2.24) is 10.2 Å². The molecule has 1 aromatic rings. The highest BCUT2D eigenvalue weighted by molar-refractivity contribution is 6.31. The van der Waals surface area contributed by atoms with Gasteiger partial charge in [0, 0.05) is 29.6 Å². The number of carbonyl (C=O) groups excluding carboxylic acids is 2. The number of hydrogen-bond donors (Lipinski definition) is 1. The molecule has 0 bridgehead atoms. The summed E-state index contributed by atoms with van der Waals surface area (Å²) in [5.74, 6) is -0.552. The fraction of sp³-hybridized carbons (Fsp3) is 0.500. The lowest BCUT2D eigenvalue weighted by molar-refractivity contribution is -0.132. The van der Waals surface area contributed by atoms with Gasteiger partial charge in [0.15, 0.2) is 0 Å². The van der Waals surface area contributed by atoms with Gasteiger partial charge in [0.1, 0.15) is 5.82 Å². The second kappa shape index (κ2) is 8.15. The Kier molecular flexibility index (Phi) is 6.21. The number of nitrogens with one attached hydrogen (secondary N) is 1. The summed E-state index contributed by atoms with van der Waals surface area (Å²) in [5.41, 5.74) is 0.327. The van der Waals surface area contributed by atoms with Crippen LogP contribution in [0.1, 0.15) is 31.7 Å². The van der Waals surface area contributed by atoms with Gasteiger partial charge in [-0.1, -0.05) is 17.7 Å². The third-order valence-electron chi connectivity index (χ3n) is 3.58. The van der Waals surface area contributed by atoms with Crippen LogP contribution >= 0.6 is 11.6 Å². The standard InChI is InChI=1S/C16H20ClFN2O3/c1-2-23-16(22)19-9-8-15(21)20(11-6-7-11)10-12-13(17)4-3-5-14(12)18/h3-5,11H,2,6-10H2,1H3,(H,19,22). The van der Waals surface area contributed by atoms with Crippen LogP contribution in [0.15, 0.2) is 18.2 Å². The zero-order chi connectivity index (χ0) is 16.8. The van der Waals surface area contributed by atoms with Crippen molar-refractivity contribution in [2.24, 2.45) is 0 Å². The highest BCUT2D eigenvalue weighted by Crippen LogP contribution is 2.31. The first-order chi connectivity index (χ1) is 11.0. The van der Waals surface area contributed by atoms with E-state index in [1.807, 2.05) is 0 Å². The number of amides is 2. The minimum Gasteiger partial charge on any atom is -0.450 e. The van der Waals surface area contributed by atoms with Crippen LogP contribution < -0.4 is 5.32 Å². The Morgan fingerprint density at radius 1 is 1.43 bits per heavy atom. The summed E-state index contributed by atoms with van der Waals surface area (Å²) in [7, 11) is 0. The van der Waals surface area contributed by atoms with Crippen molar-refractivity contribution < 1.29 is 18.7 Å². The van der Waals surface area contributed by atoms with Crippen LogP contribution in [-0.4, -0.2) is 36.1 Å². The van der Waals surface area contributed by atoms with Crippen LogP contribution in [0.5, 0.6) is 0 Å². The summed E-state index contributed by atoms with van der Waals surface area (Å²) in [4.78, 5) is 25.2. The molecule has 5 nitrogen and oxygen atoms in total. The molecule has 7 heteroatoms. The summed E-state index contributed by atoms with van der Waals surface area (Å²) in [5, 5.41) is 2.82. The molecule has 126 valence electrons. The highest BCUT2D eigenvalue weighted by atomic mass is 35.5. The lowest BCUT2D eigenvalue weighted by Gasteiger charge is -2.23. The second-order valence-electron chi connectivity index (χ2n) is 5.35. The monoisotopic (exact) mass is 342 g/mol. The van der Waals surface area contributed by atoms with Gasteiger partial charge in [-0.15, -0.1) is 0 Å². The van der Waals surface area contributed by atoms with Crippen molar-refractivity contribution in [3.8, 4) is 0 Å². The van der Waals surface area contributed by atoms with E-state index in [2.05, 4.69) is 5.32 Å². The number of halogens is 2. The Hall–Kier alpha value is -1.82. The van der Waals surface area contributed by atoms with Crippen LogP contribution in [0.4, 0.5) is 9.18 Å². The number of ether oxygens (including phenoxy) is 1. The minimum atomic E-state index is -0.546. The first kappa shape index (κ1) is 17.5. The Balaban J connectivity index is 1.93. The number of benzene rings is 1. The van der Waals surface area contributed by atoms with Crippen LogP contribution in [-0.2, 0) is 16.1 Å². The Morgan fingerprint density at radius 3 is 2.78 bits per heavy atom. The number of alkyl carbamates (subject to hydrolysis) is 1. The molecule has 0 spiro atoms. The Labute approximate surface area is 139 Å². The average molecular weight is 343 g/mol. The van der Waals surface area contributed by atoms with Gasteiger partial charge in [0.25, 0.3) is 0 Å². The van der Waals surface area contributed by atoms with Crippen molar-refractivity contribution in [2.45, 2.75) is 38.8 Å². The van der Waals surface area contributed by atoms with Crippen molar-refractivity contribution in [3.05, 3.63) is 34.6 Å². The fourth-order valence-corrected chi connectivity index (χ4v) is 2.48. The molecule has 0 atom stereocenters. The van der Waals surface area contributed by atoms with E-state index in [1.54, 1.807) is 17.9 Å². The third kappa shape index (κ3) is 5.10. The fourth-order valence-electron chi connectivity index (χ4n) is 2.26. The molecule has 1 aromatic carbocycles. The third-order valence-corrected chi connectivity index (χ3v) is 3.94. The molecule has 2 rings (SSSR count). The normalized spacial score (nSPS) is 13.5. The van der Waals surface area contributed by atoms with E-state index in [4.69, 9.17) is 16.3 Å². The van der Waals surface area contributed by atoms with Crippen molar-refractivity contribution in [3.63, 3.8) is 0 Å². The van der Waals surface area contributed by atoms with Gasteiger partial charge < -0.3 is 15.0 Å². The lowest BCUT2D eigenvalue weighted by atomic mass is 10.2. The molecule has 2 amide bonds. The van der Waals surface area contributed by atoms with E-state index >= 15 is 0 Å². The summed E-state index contributed by atoms with van der Waals surface area (Å²) >= 11 is 6.03. The van der Waals surface area contributed by atoms with Gasteiger partial charge in [-0.3, -0.25) is 4.79 Å². The van der Waals surface area contributed by atoms with E-state index in [0.29, 0.717) is 10.6 Å². The predicted octanol–water partition coefficient (Wildman–Crippen LogP) is 3.11. The quantitative estimate of drug-likeness (QED) is 0.828. The van der Waals surface area contributed by atoms with Crippen molar-refractivity contribution >= 4 is 23.6 Å². The zero-order valence-corrected chi connectivity index (χ0v) is 13.7. The maximum atomic E-state index is 13.9. The molecule has 1 aliphatic rings. The molecule has 0 unspecified atom stereocenters. The van der Waals surface area contributed by atoms with Gasteiger partial charge in [-0.2, -0.15) is 0 Å². The van der Waals surface area contributed by atoms with Crippen LogP contribution in [0.2, 0.25) is 5.02 Å². The Morgan fingerprint density at radius 2 is 2.17 bits per heavy atom.